The summed E-state index contributed by atoms with van der Waals surface area (Å²) >= 11 is 5.19. The fraction of sp³-hybridized carbons (Fsp3) is 0.182. The van der Waals surface area contributed by atoms with Crippen LogP contribution in [0, 0.1) is 0 Å². The summed E-state index contributed by atoms with van der Waals surface area (Å²) in [6.45, 7) is 0.881. The van der Waals surface area contributed by atoms with E-state index in [1.807, 2.05) is 25.4 Å². The Morgan fingerprint density at radius 3 is 3.07 bits per heavy atom. The van der Waals surface area contributed by atoms with E-state index in [0.29, 0.717) is 0 Å². The Kier molecular flexibility index (Phi) is 3.51. The summed E-state index contributed by atoms with van der Waals surface area (Å²) in [7, 11) is 1.94. The molecule has 0 saturated carbocycles. The third-order valence-corrected chi connectivity index (χ3v) is 3.52. The lowest BCUT2D eigenvalue weighted by Gasteiger charge is -1.96. The molecule has 0 saturated heterocycles. The number of hydrogen-bond donors (Lipinski definition) is 1. The number of rotatable bonds is 3. The second-order valence-corrected chi connectivity index (χ2v) is 5.20. The highest BCUT2D eigenvalue weighted by molar-refractivity contribution is 9.10. The highest BCUT2D eigenvalue weighted by atomic mass is 79.9. The van der Waals surface area contributed by atoms with E-state index in [9.17, 15) is 0 Å². The van der Waals surface area contributed by atoms with Crippen LogP contribution in [0.1, 0.15) is 4.88 Å². The minimum absolute atomic E-state index is 0.881. The second kappa shape index (κ2) is 4.88. The topological polar surface area (TPSA) is 24.9 Å². The Balaban J connectivity index is 2.29. The molecule has 0 aliphatic rings. The summed E-state index contributed by atoms with van der Waals surface area (Å²) in [5, 5.41) is 4.19. The summed E-state index contributed by atoms with van der Waals surface area (Å²) in [5.41, 5.74) is 1.16. The molecular formula is C11H11BrN2S. The van der Waals surface area contributed by atoms with E-state index in [-0.39, 0.29) is 0 Å². The van der Waals surface area contributed by atoms with E-state index in [1.165, 1.54) is 4.88 Å². The van der Waals surface area contributed by atoms with E-state index in [2.05, 4.69) is 38.4 Å². The van der Waals surface area contributed by atoms with E-state index >= 15 is 0 Å². The van der Waals surface area contributed by atoms with Crippen molar-refractivity contribution in [2.75, 3.05) is 7.05 Å². The zero-order valence-corrected chi connectivity index (χ0v) is 10.7. The first-order chi connectivity index (χ1) is 7.29. The Hall–Kier alpha value is -0.710. The monoisotopic (exact) mass is 282 g/mol. The van der Waals surface area contributed by atoms with Crippen molar-refractivity contribution in [1.82, 2.24) is 10.3 Å². The zero-order valence-electron chi connectivity index (χ0n) is 8.33. The van der Waals surface area contributed by atoms with Crippen molar-refractivity contribution in [3.63, 3.8) is 0 Å². The Morgan fingerprint density at radius 1 is 1.47 bits per heavy atom. The molecule has 0 amide bonds. The molecule has 0 aliphatic carbocycles. The molecule has 2 rings (SSSR count). The number of hydrogen-bond acceptors (Lipinski definition) is 3. The van der Waals surface area contributed by atoms with Gasteiger partial charge in [0.05, 0.1) is 0 Å². The van der Waals surface area contributed by atoms with Gasteiger partial charge < -0.3 is 5.32 Å². The molecule has 1 heterocycles. The van der Waals surface area contributed by atoms with Crippen molar-refractivity contribution < 1.29 is 0 Å². The normalized spacial score (nSPS) is 10.5. The largest absolute Gasteiger partial charge is 0.315 e. The molecule has 0 aliphatic heterocycles. The van der Waals surface area contributed by atoms with E-state index in [4.69, 9.17) is 0 Å². The summed E-state index contributed by atoms with van der Waals surface area (Å²) in [4.78, 5) is 5.66. The molecule has 78 valence electrons. The van der Waals surface area contributed by atoms with E-state index in [1.54, 1.807) is 11.3 Å². The lowest BCUT2D eigenvalue weighted by atomic mass is 10.2. The fourth-order valence-electron chi connectivity index (χ4n) is 1.32. The van der Waals surface area contributed by atoms with Gasteiger partial charge in [-0.15, -0.1) is 11.3 Å². The summed E-state index contributed by atoms with van der Waals surface area (Å²) in [5.74, 6) is 0. The van der Waals surface area contributed by atoms with Crippen LogP contribution in [0.5, 0.6) is 0 Å². The molecule has 1 aromatic carbocycles. The van der Waals surface area contributed by atoms with Crippen LogP contribution in [0.2, 0.25) is 0 Å². The number of halogens is 1. The van der Waals surface area contributed by atoms with Crippen molar-refractivity contribution in [1.29, 1.82) is 0 Å². The van der Waals surface area contributed by atoms with Gasteiger partial charge in [0.15, 0.2) is 0 Å². The first-order valence-corrected chi connectivity index (χ1v) is 6.26. The number of nitrogens with one attached hydrogen (secondary N) is 1. The predicted molar refractivity (Wildman–Crippen MR) is 68.0 cm³/mol. The smallest absolute Gasteiger partial charge is 0.123 e. The standard InChI is InChI=1S/C11H11BrN2S/c1-13-6-10-7-14-11(15-10)8-3-2-4-9(12)5-8/h2-5,7,13H,6H2,1H3. The third kappa shape index (κ3) is 2.65. The third-order valence-electron chi connectivity index (χ3n) is 1.98. The van der Waals surface area contributed by atoms with Gasteiger partial charge in [0.2, 0.25) is 0 Å². The van der Waals surface area contributed by atoms with Crippen LogP contribution in [0.4, 0.5) is 0 Å². The number of aromatic nitrogens is 1. The maximum absolute atomic E-state index is 4.40. The molecular weight excluding hydrogens is 272 g/mol. The van der Waals surface area contributed by atoms with Gasteiger partial charge >= 0.3 is 0 Å². The Morgan fingerprint density at radius 2 is 2.33 bits per heavy atom. The predicted octanol–water partition coefficient (Wildman–Crippen LogP) is 3.29. The molecule has 2 aromatic rings. The lowest BCUT2D eigenvalue weighted by molar-refractivity contribution is 0.829. The van der Waals surface area contributed by atoms with Crippen LogP contribution < -0.4 is 5.32 Å². The van der Waals surface area contributed by atoms with Gasteiger partial charge in [0.25, 0.3) is 0 Å². The molecule has 0 fully saturated rings. The summed E-state index contributed by atoms with van der Waals surface area (Å²) in [6, 6.07) is 8.21. The van der Waals surface area contributed by atoms with Crippen LogP contribution in [0.15, 0.2) is 34.9 Å². The molecule has 1 aromatic heterocycles. The van der Waals surface area contributed by atoms with Crippen LogP contribution in [-0.4, -0.2) is 12.0 Å². The van der Waals surface area contributed by atoms with E-state index in [0.717, 1.165) is 21.6 Å². The zero-order chi connectivity index (χ0) is 10.7. The van der Waals surface area contributed by atoms with Crippen molar-refractivity contribution in [3.05, 3.63) is 39.8 Å². The molecule has 0 unspecified atom stereocenters. The highest BCUT2D eigenvalue weighted by Crippen LogP contribution is 2.27. The second-order valence-electron chi connectivity index (χ2n) is 3.17. The van der Waals surface area contributed by atoms with Crippen LogP contribution in [-0.2, 0) is 6.54 Å². The maximum Gasteiger partial charge on any atom is 0.123 e. The molecule has 0 spiro atoms. The van der Waals surface area contributed by atoms with Gasteiger partial charge in [-0.2, -0.15) is 0 Å². The Bertz CT molecular complexity index is 453. The van der Waals surface area contributed by atoms with Gasteiger partial charge in [-0.3, -0.25) is 0 Å². The van der Waals surface area contributed by atoms with Crippen molar-refractivity contribution in [3.8, 4) is 10.6 Å². The average molecular weight is 283 g/mol. The minimum Gasteiger partial charge on any atom is -0.315 e. The van der Waals surface area contributed by atoms with E-state index < -0.39 is 0 Å². The van der Waals surface area contributed by atoms with Gasteiger partial charge in [0.1, 0.15) is 5.01 Å². The first kappa shape index (κ1) is 10.8. The SMILES string of the molecule is CNCc1cnc(-c2cccc(Br)c2)s1. The van der Waals surface area contributed by atoms with Gasteiger partial charge in [-0.1, -0.05) is 28.1 Å². The fourth-order valence-corrected chi connectivity index (χ4v) is 2.64. The molecule has 1 N–H and O–H groups in total. The Labute approximate surface area is 101 Å². The van der Waals surface area contributed by atoms with Gasteiger partial charge in [-0.25, -0.2) is 4.98 Å². The molecule has 15 heavy (non-hydrogen) atoms. The lowest BCUT2D eigenvalue weighted by Crippen LogP contribution is -2.02. The van der Waals surface area contributed by atoms with Crippen LogP contribution >= 0.6 is 27.3 Å². The molecule has 2 nitrogen and oxygen atoms in total. The molecule has 0 atom stereocenters. The highest BCUT2D eigenvalue weighted by Gasteiger charge is 2.04. The van der Waals surface area contributed by atoms with Gasteiger partial charge in [0, 0.05) is 27.7 Å². The average Bonchev–Trinajstić information content (AvgIpc) is 2.67. The maximum atomic E-state index is 4.40. The van der Waals surface area contributed by atoms with Crippen molar-refractivity contribution >= 4 is 27.3 Å². The molecule has 0 bridgehead atoms. The van der Waals surface area contributed by atoms with Gasteiger partial charge in [-0.05, 0) is 19.2 Å². The van der Waals surface area contributed by atoms with Crippen molar-refractivity contribution in [2.24, 2.45) is 0 Å². The van der Waals surface area contributed by atoms with Crippen LogP contribution in [0.3, 0.4) is 0 Å². The number of nitrogens with zero attached hydrogens (tertiary/aromatic N) is 1. The first-order valence-electron chi connectivity index (χ1n) is 4.65. The summed E-state index contributed by atoms with van der Waals surface area (Å²) < 4.78 is 1.09. The minimum atomic E-state index is 0.881. The quantitative estimate of drug-likeness (QED) is 0.935. The number of benzene rings is 1. The molecule has 0 radical (unpaired) electrons. The summed E-state index contributed by atoms with van der Waals surface area (Å²) in [6.07, 6.45) is 1.93. The molecule has 4 heteroatoms. The van der Waals surface area contributed by atoms with Crippen LogP contribution in [0.25, 0.3) is 10.6 Å². The number of thiazole rings is 1. The van der Waals surface area contributed by atoms with Crippen molar-refractivity contribution in [2.45, 2.75) is 6.54 Å².